The molecule has 0 atom stereocenters. The zero-order chi connectivity index (χ0) is 16.7. The Morgan fingerprint density at radius 2 is 1.74 bits per heavy atom. The number of Topliss-reactive ketones (excluding diaryl/α,β-unsaturated/α-hetero) is 1. The standard InChI is InChI=1S/C18H12O2S.C2H6/c1-9-3-6-13-16-14(9)8-12-5-4-11(10(2)19)7-15(12)17(16)21-18(13)20;1-2/h3-8H,1-2H3;1-2H3. The number of carbonyl (C=O) groups is 2. The largest absolute Gasteiger partial charge is 0.295 e. The summed E-state index contributed by atoms with van der Waals surface area (Å²) in [6.45, 7) is 7.63. The van der Waals surface area contributed by atoms with E-state index < -0.39 is 0 Å². The monoisotopic (exact) mass is 322 g/mol. The van der Waals surface area contributed by atoms with Gasteiger partial charge in [0.1, 0.15) is 0 Å². The summed E-state index contributed by atoms with van der Waals surface area (Å²) in [5.74, 6) is 0.0444. The summed E-state index contributed by atoms with van der Waals surface area (Å²) in [4.78, 5) is 24.8. The Labute approximate surface area is 139 Å². The SMILES string of the molecule is CC.CC(=O)c1ccc2cc3c(C)ccc4c3c(c2c1)SC4=O. The summed E-state index contributed by atoms with van der Waals surface area (Å²) < 4.78 is 0. The first-order valence-corrected chi connectivity index (χ1v) is 8.61. The molecule has 0 aliphatic carbocycles. The van der Waals surface area contributed by atoms with Crippen molar-refractivity contribution in [2.24, 2.45) is 0 Å². The number of ketones is 1. The van der Waals surface area contributed by atoms with Gasteiger partial charge in [-0.3, -0.25) is 9.59 Å². The molecule has 1 heterocycles. The highest BCUT2D eigenvalue weighted by Crippen LogP contribution is 2.45. The smallest absolute Gasteiger partial charge is 0.224 e. The number of aryl methyl sites for hydroxylation is 1. The van der Waals surface area contributed by atoms with Crippen LogP contribution in [0.15, 0.2) is 41.3 Å². The van der Waals surface area contributed by atoms with Crippen molar-refractivity contribution in [2.75, 3.05) is 0 Å². The molecule has 4 rings (SSSR count). The molecule has 3 heteroatoms. The molecule has 3 aromatic carbocycles. The van der Waals surface area contributed by atoms with Crippen LogP contribution in [0.2, 0.25) is 0 Å². The zero-order valence-electron chi connectivity index (χ0n) is 13.7. The lowest BCUT2D eigenvalue weighted by atomic mass is 9.95. The average Bonchev–Trinajstić information content (AvgIpc) is 2.90. The number of rotatable bonds is 1. The Kier molecular flexibility index (Phi) is 3.99. The number of benzene rings is 3. The molecule has 1 aliphatic heterocycles. The van der Waals surface area contributed by atoms with E-state index in [2.05, 4.69) is 13.0 Å². The predicted octanol–water partition coefficient (Wildman–Crippen LogP) is 5.78. The lowest BCUT2D eigenvalue weighted by Crippen LogP contribution is -1.92. The molecule has 0 spiro atoms. The van der Waals surface area contributed by atoms with Crippen molar-refractivity contribution in [3.63, 3.8) is 0 Å². The maximum Gasteiger partial charge on any atom is 0.224 e. The third kappa shape index (κ3) is 2.36. The van der Waals surface area contributed by atoms with Crippen LogP contribution < -0.4 is 0 Å². The van der Waals surface area contributed by atoms with Crippen LogP contribution in [0, 0.1) is 6.92 Å². The van der Waals surface area contributed by atoms with Crippen LogP contribution in [0.5, 0.6) is 0 Å². The Hall–Kier alpha value is -2.13. The van der Waals surface area contributed by atoms with Gasteiger partial charge in [-0.2, -0.15) is 0 Å². The van der Waals surface area contributed by atoms with E-state index in [0.29, 0.717) is 5.56 Å². The molecule has 3 aromatic rings. The summed E-state index contributed by atoms with van der Waals surface area (Å²) in [6, 6.07) is 11.8. The van der Waals surface area contributed by atoms with Gasteiger partial charge < -0.3 is 0 Å². The van der Waals surface area contributed by atoms with Gasteiger partial charge in [-0.15, -0.1) is 0 Å². The van der Waals surface area contributed by atoms with Gasteiger partial charge in [0.25, 0.3) is 0 Å². The highest BCUT2D eigenvalue weighted by atomic mass is 32.2. The van der Waals surface area contributed by atoms with Crippen molar-refractivity contribution < 1.29 is 9.59 Å². The van der Waals surface area contributed by atoms with Crippen molar-refractivity contribution in [3.05, 3.63) is 53.1 Å². The molecule has 0 fully saturated rings. The second-order valence-electron chi connectivity index (χ2n) is 5.44. The second-order valence-corrected chi connectivity index (χ2v) is 6.42. The molecule has 0 saturated heterocycles. The van der Waals surface area contributed by atoms with Crippen LogP contribution in [0.3, 0.4) is 0 Å². The van der Waals surface area contributed by atoms with Gasteiger partial charge in [0.15, 0.2) is 5.78 Å². The lowest BCUT2D eigenvalue weighted by Gasteiger charge is -2.09. The minimum atomic E-state index is 0.0444. The number of carbonyl (C=O) groups excluding carboxylic acids is 2. The van der Waals surface area contributed by atoms with Crippen LogP contribution in [0.1, 0.15) is 47.1 Å². The quantitative estimate of drug-likeness (QED) is 0.421. The van der Waals surface area contributed by atoms with E-state index in [-0.39, 0.29) is 10.9 Å². The van der Waals surface area contributed by atoms with Gasteiger partial charge in [0.05, 0.1) is 0 Å². The second kappa shape index (κ2) is 5.82. The van der Waals surface area contributed by atoms with E-state index in [1.165, 1.54) is 17.3 Å². The van der Waals surface area contributed by atoms with Gasteiger partial charge in [-0.05, 0) is 65.5 Å². The molecule has 2 nitrogen and oxygen atoms in total. The van der Waals surface area contributed by atoms with Crippen molar-refractivity contribution >= 4 is 44.2 Å². The molecule has 116 valence electrons. The van der Waals surface area contributed by atoms with Crippen LogP contribution in [-0.2, 0) is 0 Å². The molecular weight excluding hydrogens is 304 g/mol. The number of thioether (sulfide) groups is 1. The maximum absolute atomic E-state index is 12.2. The molecule has 0 amide bonds. The van der Waals surface area contributed by atoms with Gasteiger partial charge in [0.2, 0.25) is 5.12 Å². The van der Waals surface area contributed by atoms with Crippen LogP contribution in [0.25, 0.3) is 21.5 Å². The van der Waals surface area contributed by atoms with Gasteiger partial charge in [0, 0.05) is 21.4 Å². The Bertz CT molecular complexity index is 970. The molecule has 0 bridgehead atoms. The third-order valence-corrected chi connectivity index (χ3v) is 5.14. The summed E-state index contributed by atoms with van der Waals surface area (Å²) in [5, 5.41) is 4.33. The first-order chi connectivity index (χ1) is 11.1. The number of hydrogen-bond acceptors (Lipinski definition) is 3. The Morgan fingerprint density at radius 3 is 2.43 bits per heavy atom. The zero-order valence-corrected chi connectivity index (χ0v) is 14.5. The van der Waals surface area contributed by atoms with E-state index in [1.807, 2.05) is 44.2 Å². The fraction of sp³-hybridized carbons (Fsp3) is 0.200. The molecule has 0 aromatic heterocycles. The summed E-state index contributed by atoms with van der Waals surface area (Å²) >= 11 is 1.28. The van der Waals surface area contributed by atoms with E-state index in [4.69, 9.17) is 0 Å². The molecule has 1 aliphatic rings. The number of fused-ring (bicyclic) bond motifs is 2. The van der Waals surface area contributed by atoms with Gasteiger partial charge in [-0.25, -0.2) is 0 Å². The van der Waals surface area contributed by atoms with Crippen molar-refractivity contribution in [2.45, 2.75) is 32.6 Å². The summed E-state index contributed by atoms with van der Waals surface area (Å²) in [6.07, 6.45) is 0. The fourth-order valence-electron chi connectivity index (χ4n) is 2.97. The molecule has 0 radical (unpaired) electrons. The predicted molar refractivity (Wildman–Crippen MR) is 97.7 cm³/mol. The Morgan fingerprint density at radius 1 is 1.00 bits per heavy atom. The average molecular weight is 322 g/mol. The topological polar surface area (TPSA) is 34.1 Å². The van der Waals surface area contributed by atoms with Crippen LogP contribution in [0.4, 0.5) is 0 Å². The van der Waals surface area contributed by atoms with Gasteiger partial charge >= 0.3 is 0 Å². The molecule has 0 N–H and O–H groups in total. The minimum Gasteiger partial charge on any atom is -0.295 e. The lowest BCUT2D eigenvalue weighted by molar-refractivity contribution is 0.101. The first kappa shape index (κ1) is 15.8. The molecule has 0 unspecified atom stereocenters. The van der Waals surface area contributed by atoms with Crippen LogP contribution in [-0.4, -0.2) is 10.9 Å². The highest BCUT2D eigenvalue weighted by Gasteiger charge is 2.26. The molecule has 23 heavy (non-hydrogen) atoms. The van der Waals surface area contributed by atoms with E-state index in [0.717, 1.165) is 32.0 Å². The Balaban J connectivity index is 0.000000753. The normalized spacial score (nSPS) is 12.4. The fourth-order valence-corrected chi connectivity index (χ4v) is 4.04. The number of hydrogen-bond donors (Lipinski definition) is 0. The minimum absolute atomic E-state index is 0.0444. The first-order valence-electron chi connectivity index (χ1n) is 7.79. The van der Waals surface area contributed by atoms with E-state index >= 15 is 0 Å². The molecular formula is C20H18O2S. The van der Waals surface area contributed by atoms with Crippen LogP contribution >= 0.6 is 11.8 Å². The van der Waals surface area contributed by atoms with Crippen molar-refractivity contribution in [1.29, 1.82) is 0 Å². The van der Waals surface area contributed by atoms with E-state index in [9.17, 15) is 9.59 Å². The maximum atomic E-state index is 12.2. The van der Waals surface area contributed by atoms with Crippen molar-refractivity contribution in [3.8, 4) is 0 Å². The third-order valence-electron chi connectivity index (χ3n) is 4.11. The molecule has 0 saturated carbocycles. The highest BCUT2D eigenvalue weighted by molar-refractivity contribution is 8.15. The summed E-state index contributed by atoms with van der Waals surface area (Å²) in [7, 11) is 0. The van der Waals surface area contributed by atoms with E-state index in [1.54, 1.807) is 6.92 Å². The van der Waals surface area contributed by atoms with Crippen molar-refractivity contribution in [1.82, 2.24) is 0 Å². The summed E-state index contributed by atoms with van der Waals surface area (Å²) in [5.41, 5.74) is 2.64. The van der Waals surface area contributed by atoms with Gasteiger partial charge in [-0.1, -0.05) is 32.0 Å².